The molecule has 1 atom stereocenters. The molecule has 1 heterocycles. The van der Waals surface area contributed by atoms with E-state index >= 15 is 0 Å². The van der Waals surface area contributed by atoms with Crippen LogP contribution >= 0.6 is 0 Å². The molecular formula is C10H16N4O. The summed E-state index contributed by atoms with van der Waals surface area (Å²) < 4.78 is 1.69. The molecule has 0 fully saturated rings. The number of hydrogen-bond donors (Lipinski definition) is 2. The summed E-state index contributed by atoms with van der Waals surface area (Å²) in [6, 6.07) is -0.515. The van der Waals surface area contributed by atoms with E-state index in [4.69, 9.17) is 5.73 Å². The molecule has 0 aliphatic rings. The summed E-state index contributed by atoms with van der Waals surface area (Å²) in [4.78, 5) is 11.4. The monoisotopic (exact) mass is 208 g/mol. The molecule has 5 heteroatoms. The van der Waals surface area contributed by atoms with Crippen LogP contribution < -0.4 is 11.1 Å². The van der Waals surface area contributed by atoms with E-state index in [1.807, 2.05) is 13.2 Å². The van der Waals surface area contributed by atoms with E-state index in [-0.39, 0.29) is 5.91 Å². The third-order valence-electron chi connectivity index (χ3n) is 1.98. The molecule has 0 spiro atoms. The molecule has 0 radical (unpaired) electrons. The Hall–Kier alpha value is -1.62. The maximum absolute atomic E-state index is 11.4. The SMILES string of the molecule is C=CCC(N)C(=O)NCc1cnn(C)c1. The summed E-state index contributed by atoms with van der Waals surface area (Å²) in [6.07, 6.45) is 5.67. The van der Waals surface area contributed by atoms with E-state index < -0.39 is 6.04 Å². The zero-order chi connectivity index (χ0) is 11.3. The first-order valence-electron chi connectivity index (χ1n) is 4.75. The number of carbonyl (C=O) groups is 1. The van der Waals surface area contributed by atoms with E-state index in [2.05, 4.69) is 17.0 Å². The first-order valence-corrected chi connectivity index (χ1v) is 4.75. The van der Waals surface area contributed by atoms with Crippen LogP contribution in [0.15, 0.2) is 25.0 Å². The van der Waals surface area contributed by atoms with Gasteiger partial charge in [0.2, 0.25) is 5.91 Å². The zero-order valence-corrected chi connectivity index (χ0v) is 8.81. The highest BCUT2D eigenvalue weighted by Crippen LogP contribution is 1.96. The molecule has 5 nitrogen and oxygen atoms in total. The molecule has 82 valence electrons. The third kappa shape index (κ3) is 3.55. The van der Waals surface area contributed by atoms with Gasteiger partial charge in [0.25, 0.3) is 0 Å². The summed E-state index contributed by atoms with van der Waals surface area (Å²) in [7, 11) is 1.83. The van der Waals surface area contributed by atoms with E-state index in [0.29, 0.717) is 13.0 Å². The minimum absolute atomic E-state index is 0.168. The topological polar surface area (TPSA) is 72.9 Å². The molecule has 1 unspecified atom stereocenters. The normalized spacial score (nSPS) is 12.1. The van der Waals surface area contributed by atoms with Gasteiger partial charge >= 0.3 is 0 Å². The Morgan fingerprint density at radius 3 is 3.13 bits per heavy atom. The average Bonchev–Trinajstić information content (AvgIpc) is 2.61. The Morgan fingerprint density at radius 2 is 2.60 bits per heavy atom. The average molecular weight is 208 g/mol. The second-order valence-corrected chi connectivity index (χ2v) is 3.37. The zero-order valence-electron chi connectivity index (χ0n) is 8.81. The number of carbonyl (C=O) groups excluding carboxylic acids is 1. The Morgan fingerprint density at radius 1 is 1.87 bits per heavy atom. The standard InChI is InChI=1S/C10H16N4O/c1-3-4-9(11)10(15)12-5-8-6-13-14(2)7-8/h3,6-7,9H,1,4-5,11H2,2H3,(H,12,15). The van der Waals surface area contributed by atoms with Gasteiger partial charge in [-0.3, -0.25) is 9.48 Å². The van der Waals surface area contributed by atoms with Gasteiger partial charge in [-0.2, -0.15) is 5.10 Å². The lowest BCUT2D eigenvalue weighted by Crippen LogP contribution is -2.39. The minimum Gasteiger partial charge on any atom is -0.351 e. The fraction of sp³-hybridized carbons (Fsp3) is 0.400. The highest BCUT2D eigenvalue weighted by molar-refractivity contribution is 5.81. The number of amides is 1. The largest absolute Gasteiger partial charge is 0.351 e. The molecule has 15 heavy (non-hydrogen) atoms. The Kier molecular flexibility index (Phi) is 4.05. The summed E-state index contributed by atoms with van der Waals surface area (Å²) >= 11 is 0. The maximum Gasteiger partial charge on any atom is 0.237 e. The van der Waals surface area contributed by atoms with Crippen molar-refractivity contribution >= 4 is 5.91 Å². The molecule has 0 aliphatic carbocycles. The fourth-order valence-corrected chi connectivity index (χ4v) is 1.17. The first-order chi connectivity index (χ1) is 7.13. The van der Waals surface area contributed by atoms with Crippen LogP contribution in [-0.4, -0.2) is 21.7 Å². The number of nitrogens with zero attached hydrogens (tertiary/aromatic N) is 2. The van der Waals surface area contributed by atoms with E-state index in [1.165, 1.54) is 0 Å². The van der Waals surface area contributed by atoms with Crippen molar-refractivity contribution < 1.29 is 4.79 Å². The van der Waals surface area contributed by atoms with Crippen molar-refractivity contribution in [1.82, 2.24) is 15.1 Å². The summed E-state index contributed by atoms with van der Waals surface area (Å²) in [5.41, 5.74) is 6.55. The molecule has 1 aromatic heterocycles. The lowest BCUT2D eigenvalue weighted by Gasteiger charge is -2.08. The smallest absolute Gasteiger partial charge is 0.237 e. The van der Waals surface area contributed by atoms with E-state index in [0.717, 1.165) is 5.56 Å². The molecule has 1 aromatic rings. The van der Waals surface area contributed by atoms with Crippen molar-refractivity contribution in [1.29, 1.82) is 0 Å². The molecule has 0 aliphatic heterocycles. The molecular weight excluding hydrogens is 192 g/mol. The van der Waals surface area contributed by atoms with E-state index in [9.17, 15) is 4.79 Å². The molecule has 1 rings (SSSR count). The van der Waals surface area contributed by atoms with Gasteiger partial charge in [0.15, 0.2) is 0 Å². The molecule has 3 N–H and O–H groups in total. The summed E-state index contributed by atoms with van der Waals surface area (Å²) in [5, 5.41) is 6.73. The van der Waals surface area contributed by atoms with Crippen LogP contribution in [0.1, 0.15) is 12.0 Å². The van der Waals surface area contributed by atoms with Crippen molar-refractivity contribution in [3.8, 4) is 0 Å². The van der Waals surface area contributed by atoms with Crippen LogP contribution in [0.5, 0.6) is 0 Å². The lowest BCUT2D eigenvalue weighted by molar-refractivity contribution is -0.122. The summed E-state index contributed by atoms with van der Waals surface area (Å²) in [6.45, 7) is 3.99. The number of aromatic nitrogens is 2. The Bertz CT molecular complexity index is 345. The van der Waals surface area contributed by atoms with Gasteiger partial charge in [0.1, 0.15) is 0 Å². The van der Waals surface area contributed by atoms with Crippen molar-refractivity contribution in [2.45, 2.75) is 19.0 Å². The first kappa shape index (κ1) is 11.5. The lowest BCUT2D eigenvalue weighted by atomic mass is 10.2. The van der Waals surface area contributed by atoms with Gasteiger partial charge in [-0.05, 0) is 6.42 Å². The van der Waals surface area contributed by atoms with Gasteiger partial charge in [0, 0.05) is 25.4 Å². The predicted octanol–water partition coefficient (Wildman–Crippen LogP) is -0.0603. The van der Waals surface area contributed by atoms with Crippen molar-refractivity contribution in [2.75, 3.05) is 0 Å². The van der Waals surface area contributed by atoms with Crippen LogP contribution in [0.3, 0.4) is 0 Å². The van der Waals surface area contributed by atoms with Crippen LogP contribution in [0.4, 0.5) is 0 Å². The summed E-state index contributed by atoms with van der Waals surface area (Å²) in [5.74, 6) is -0.168. The number of nitrogens with one attached hydrogen (secondary N) is 1. The van der Waals surface area contributed by atoms with Crippen LogP contribution in [0, 0.1) is 0 Å². The fourth-order valence-electron chi connectivity index (χ4n) is 1.17. The van der Waals surface area contributed by atoms with Gasteiger partial charge in [0.05, 0.1) is 12.2 Å². The Balaban J connectivity index is 2.37. The number of aryl methyl sites for hydroxylation is 1. The van der Waals surface area contributed by atoms with Gasteiger partial charge in [-0.25, -0.2) is 0 Å². The second-order valence-electron chi connectivity index (χ2n) is 3.37. The van der Waals surface area contributed by atoms with Crippen LogP contribution in [0.25, 0.3) is 0 Å². The van der Waals surface area contributed by atoms with Gasteiger partial charge < -0.3 is 11.1 Å². The highest BCUT2D eigenvalue weighted by atomic mass is 16.2. The number of nitrogens with two attached hydrogens (primary N) is 1. The third-order valence-corrected chi connectivity index (χ3v) is 1.98. The van der Waals surface area contributed by atoms with Crippen LogP contribution in [0.2, 0.25) is 0 Å². The molecule has 0 saturated carbocycles. The maximum atomic E-state index is 11.4. The molecule has 0 aromatic carbocycles. The molecule has 1 amide bonds. The van der Waals surface area contributed by atoms with Crippen molar-refractivity contribution in [3.63, 3.8) is 0 Å². The van der Waals surface area contributed by atoms with Gasteiger partial charge in [-0.1, -0.05) is 6.08 Å². The molecule has 0 saturated heterocycles. The van der Waals surface area contributed by atoms with Gasteiger partial charge in [-0.15, -0.1) is 6.58 Å². The molecule has 0 bridgehead atoms. The van der Waals surface area contributed by atoms with Crippen molar-refractivity contribution in [3.05, 3.63) is 30.6 Å². The Labute approximate surface area is 89.0 Å². The van der Waals surface area contributed by atoms with Crippen molar-refractivity contribution in [2.24, 2.45) is 12.8 Å². The predicted molar refractivity (Wildman–Crippen MR) is 57.8 cm³/mol. The number of rotatable bonds is 5. The van der Waals surface area contributed by atoms with E-state index in [1.54, 1.807) is 17.0 Å². The van der Waals surface area contributed by atoms with Crippen LogP contribution in [-0.2, 0) is 18.4 Å². The quantitative estimate of drug-likeness (QED) is 0.666. The second kappa shape index (κ2) is 5.31. The highest BCUT2D eigenvalue weighted by Gasteiger charge is 2.10. The minimum atomic E-state index is -0.515. The number of hydrogen-bond acceptors (Lipinski definition) is 3.